The highest BCUT2D eigenvalue weighted by Crippen LogP contribution is 2.20. The molecule has 14 heavy (non-hydrogen) atoms. The van der Waals surface area contributed by atoms with Crippen molar-refractivity contribution in [3.63, 3.8) is 0 Å². The molecule has 2 N–H and O–H groups in total. The van der Waals surface area contributed by atoms with Crippen LogP contribution < -0.4 is 10.1 Å². The quantitative estimate of drug-likeness (QED) is 0.802. The highest BCUT2D eigenvalue weighted by atomic mass is 32.1. The topological polar surface area (TPSA) is 62.8 Å². The molecule has 0 aliphatic heterocycles. The molecule has 0 bridgehead atoms. The van der Waals surface area contributed by atoms with Gasteiger partial charge >= 0.3 is 0 Å². The highest BCUT2D eigenvalue weighted by molar-refractivity contribution is 7.13. The van der Waals surface area contributed by atoms with Crippen molar-refractivity contribution in [2.45, 2.75) is 6.54 Å². The van der Waals surface area contributed by atoms with Crippen molar-refractivity contribution in [2.75, 3.05) is 12.4 Å². The van der Waals surface area contributed by atoms with E-state index >= 15 is 0 Å². The molecule has 0 atom stereocenters. The standard InChI is InChI=1S/C8H10N4OS/c1-13-8-10-5-7(14-8)4-9-6-2-11-12-3-6/h2-3,5,9H,4H2,1H3,(H,11,12). The first-order valence-corrected chi connectivity index (χ1v) is 4.91. The van der Waals surface area contributed by atoms with Gasteiger partial charge in [-0.15, -0.1) is 0 Å². The summed E-state index contributed by atoms with van der Waals surface area (Å²) < 4.78 is 4.99. The predicted molar refractivity (Wildman–Crippen MR) is 54.6 cm³/mol. The third-order valence-electron chi connectivity index (χ3n) is 1.67. The summed E-state index contributed by atoms with van der Waals surface area (Å²) >= 11 is 1.53. The second kappa shape index (κ2) is 4.10. The zero-order valence-corrected chi connectivity index (χ0v) is 8.47. The molecule has 0 spiro atoms. The van der Waals surface area contributed by atoms with E-state index in [0.29, 0.717) is 5.19 Å². The van der Waals surface area contributed by atoms with Crippen LogP contribution in [0.2, 0.25) is 0 Å². The van der Waals surface area contributed by atoms with E-state index in [2.05, 4.69) is 20.5 Å². The second-order valence-electron chi connectivity index (χ2n) is 2.64. The first-order valence-electron chi connectivity index (χ1n) is 4.10. The summed E-state index contributed by atoms with van der Waals surface area (Å²) in [5, 5.41) is 10.5. The lowest BCUT2D eigenvalue weighted by Crippen LogP contribution is -1.95. The van der Waals surface area contributed by atoms with Gasteiger partial charge in [0.1, 0.15) is 0 Å². The number of H-pyrrole nitrogens is 1. The minimum atomic E-state index is 0.689. The van der Waals surface area contributed by atoms with Gasteiger partial charge in [-0.2, -0.15) is 5.10 Å². The number of nitrogens with zero attached hydrogens (tertiary/aromatic N) is 2. The number of rotatable bonds is 4. The maximum Gasteiger partial charge on any atom is 0.273 e. The van der Waals surface area contributed by atoms with Gasteiger partial charge in [-0.25, -0.2) is 4.98 Å². The summed E-state index contributed by atoms with van der Waals surface area (Å²) in [6.45, 7) is 0.737. The van der Waals surface area contributed by atoms with Crippen LogP contribution in [0, 0.1) is 0 Å². The Labute approximate surface area is 85.1 Å². The van der Waals surface area contributed by atoms with Crippen molar-refractivity contribution in [3.05, 3.63) is 23.5 Å². The van der Waals surface area contributed by atoms with Crippen LogP contribution in [0.15, 0.2) is 18.6 Å². The normalized spacial score (nSPS) is 10.1. The molecule has 2 heterocycles. The number of thiazole rings is 1. The van der Waals surface area contributed by atoms with Crippen LogP contribution in [0.5, 0.6) is 5.19 Å². The molecule has 5 nitrogen and oxygen atoms in total. The summed E-state index contributed by atoms with van der Waals surface area (Å²) in [6.07, 6.45) is 5.34. The van der Waals surface area contributed by atoms with Gasteiger partial charge in [0.25, 0.3) is 5.19 Å². The first-order chi connectivity index (χ1) is 6.88. The number of aromatic nitrogens is 3. The van der Waals surface area contributed by atoms with Gasteiger partial charge in [0.2, 0.25) is 0 Å². The zero-order valence-electron chi connectivity index (χ0n) is 7.65. The van der Waals surface area contributed by atoms with Crippen molar-refractivity contribution in [1.29, 1.82) is 0 Å². The Morgan fingerprint density at radius 1 is 1.57 bits per heavy atom. The van der Waals surface area contributed by atoms with Crippen LogP contribution in [0.25, 0.3) is 0 Å². The molecule has 0 aliphatic rings. The zero-order chi connectivity index (χ0) is 9.80. The molecule has 2 rings (SSSR count). The molecular formula is C8H10N4OS. The average Bonchev–Trinajstić information content (AvgIpc) is 2.86. The molecule has 74 valence electrons. The molecule has 0 radical (unpaired) electrons. The first kappa shape index (κ1) is 9.01. The number of ether oxygens (including phenoxy) is 1. The van der Waals surface area contributed by atoms with Gasteiger partial charge in [0, 0.05) is 17.3 Å². The van der Waals surface area contributed by atoms with Crippen LogP contribution in [0.3, 0.4) is 0 Å². The lowest BCUT2D eigenvalue weighted by Gasteiger charge is -1.98. The van der Waals surface area contributed by atoms with E-state index in [9.17, 15) is 0 Å². The van der Waals surface area contributed by atoms with E-state index < -0.39 is 0 Å². The minimum Gasteiger partial charge on any atom is -0.473 e. The molecule has 0 aromatic carbocycles. The van der Waals surface area contributed by atoms with E-state index in [1.54, 1.807) is 25.7 Å². The van der Waals surface area contributed by atoms with E-state index in [1.165, 1.54) is 11.3 Å². The van der Waals surface area contributed by atoms with Crippen molar-refractivity contribution in [3.8, 4) is 5.19 Å². The van der Waals surface area contributed by atoms with Gasteiger partial charge in [0.15, 0.2) is 0 Å². The Hall–Kier alpha value is -1.56. The van der Waals surface area contributed by atoms with Crippen molar-refractivity contribution in [2.24, 2.45) is 0 Å². The van der Waals surface area contributed by atoms with Crippen molar-refractivity contribution in [1.82, 2.24) is 15.2 Å². The highest BCUT2D eigenvalue weighted by Gasteiger charge is 2.01. The Morgan fingerprint density at radius 2 is 2.50 bits per heavy atom. The van der Waals surface area contributed by atoms with Crippen LogP contribution >= 0.6 is 11.3 Å². The molecule has 2 aromatic rings. The second-order valence-corrected chi connectivity index (χ2v) is 3.71. The Morgan fingerprint density at radius 3 is 3.14 bits per heavy atom. The van der Waals surface area contributed by atoms with Gasteiger partial charge in [-0.1, -0.05) is 11.3 Å². The lowest BCUT2D eigenvalue weighted by molar-refractivity contribution is 0.412. The summed E-state index contributed by atoms with van der Waals surface area (Å²) in [5.74, 6) is 0. The number of anilines is 1. The minimum absolute atomic E-state index is 0.689. The van der Waals surface area contributed by atoms with Gasteiger partial charge in [-0.3, -0.25) is 5.10 Å². The number of hydrogen-bond acceptors (Lipinski definition) is 5. The summed E-state index contributed by atoms with van der Waals surface area (Å²) in [5.41, 5.74) is 0.970. The van der Waals surface area contributed by atoms with Crippen molar-refractivity contribution >= 4 is 17.0 Å². The van der Waals surface area contributed by atoms with Gasteiger partial charge in [-0.05, 0) is 0 Å². The average molecular weight is 210 g/mol. The lowest BCUT2D eigenvalue weighted by atomic mass is 10.5. The third-order valence-corrected chi connectivity index (χ3v) is 2.63. The molecule has 0 amide bonds. The molecule has 0 saturated carbocycles. The monoisotopic (exact) mass is 210 g/mol. The summed E-state index contributed by atoms with van der Waals surface area (Å²) in [6, 6.07) is 0. The Bertz CT molecular complexity index is 384. The molecule has 0 unspecified atom stereocenters. The summed E-state index contributed by atoms with van der Waals surface area (Å²) in [4.78, 5) is 5.20. The molecule has 0 fully saturated rings. The third kappa shape index (κ3) is 2.02. The SMILES string of the molecule is COc1ncc(CNc2cn[nH]c2)s1. The van der Waals surface area contributed by atoms with E-state index in [4.69, 9.17) is 4.74 Å². The van der Waals surface area contributed by atoms with E-state index in [0.717, 1.165) is 17.1 Å². The Kier molecular flexibility index (Phi) is 2.64. The van der Waals surface area contributed by atoms with E-state index in [-0.39, 0.29) is 0 Å². The smallest absolute Gasteiger partial charge is 0.273 e. The van der Waals surface area contributed by atoms with Crippen molar-refractivity contribution < 1.29 is 4.74 Å². The number of hydrogen-bond donors (Lipinski definition) is 2. The van der Waals surface area contributed by atoms with Crippen LogP contribution in [0.4, 0.5) is 5.69 Å². The molecule has 0 aliphatic carbocycles. The fourth-order valence-electron chi connectivity index (χ4n) is 1.00. The predicted octanol–water partition coefficient (Wildman–Crippen LogP) is 1.49. The molecule has 0 saturated heterocycles. The van der Waals surface area contributed by atoms with Gasteiger partial charge < -0.3 is 10.1 Å². The number of aromatic amines is 1. The van der Waals surface area contributed by atoms with Crippen LogP contribution in [0.1, 0.15) is 4.88 Å². The van der Waals surface area contributed by atoms with Gasteiger partial charge in [0.05, 0.1) is 25.5 Å². The van der Waals surface area contributed by atoms with Crippen LogP contribution in [-0.2, 0) is 6.54 Å². The maximum atomic E-state index is 4.99. The number of nitrogens with one attached hydrogen (secondary N) is 2. The Balaban J connectivity index is 1.92. The summed E-state index contributed by atoms with van der Waals surface area (Å²) in [7, 11) is 1.62. The van der Waals surface area contributed by atoms with E-state index in [1.807, 2.05) is 0 Å². The molecular weight excluding hydrogens is 200 g/mol. The fourth-order valence-corrected chi connectivity index (χ4v) is 1.67. The number of methoxy groups -OCH3 is 1. The molecule has 2 aromatic heterocycles. The fraction of sp³-hybridized carbons (Fsp3) is 0.250. The molecule has 6 heteroatoms. The van der Waals surface area contributed by atoms with Crippen LogP contribution in [-0.4, -0.2) is 22.3 Å². The maximum absolute atomic E-state index is 4.99. The largest absolute Gasteiger partial charge is 0.473 e.